The molecule has 88 valence electrons. The predicted molar refractivity (Wildman–Crippen MR) is 65.7 cm³/mol. The number of hydrogen-bond acceptors (Lipinski definition) is 1. The van der Waals surface area contributed by atoms with Crippen LogP contribution in [-0.2, 0) is 6.42 Å². The Kier molecular flexibility index (Phi) is 3.36. The Morgan fingerprint density at radius 3 is 2.69 bits per heavy atom. The zero-order valence-corrected chi connectivity index (χ0v) is 10.9. The Labute approximate surface area is 104 Å². The van der Waals surface area contributed by atoms with E-state index in [0.717, 1.165) is 17.3 Å². The van der Waals surface area contributed by atoms with Crippen molar-refractivity contribution in [3.8, 4) is 0 Å². The van der Waals surface area contributed by atoms with Crippen LogP contribution in [0.25, 0.3) is 0 Å². The van der Waals surface area contributed by atoms with Crippen molar-refractivity contribution in [3.05, 3.63) is 34.1 Å². The Balaban J connectivity index is 2.18. The molecule has 1 N–H and O–H groups in total. The molecule has 1 aromatic rings. The average molecular weight is 287 g/mol. The van der Waals surface area contributed by atoms with Crippen molar-refractivity contribution in [1.29, 1.82) is 0 Å². The highest BCUT2D eigenvalue weighted by molar-refractivity contribution is 9.10. The maximum atomic E-state index is 13.7. The highest BCUT2D eigenvalue weighted by Gasteiger charge is 2.41. The summed E-state index contributed by atoms with van der Waals surface area (Å²) < 4.78 is 14.4. The number of aliphatic hydroxyl groups excluding tert-OH is 1. The van der Waals surface area contributed by atoms with Gasteiger partial charge in [-0.25, -0.2) is 4.39 Å². The lowest BCUT2D eigenvalue weighted by atomic mass is 9.79. The Bertz CT molecular complexity index is 390. The van der Waals surface area contributed by atoms with Crippen LogP contribution < -0.4 is 0 Å². The van der Waals surface area contributed by atoms with Crippen LogP contribution in [0.3, 0.4) is 0 Å². The lowest BCUT2D eigenvalue weighted by molar-refractivity contribution is 0.118. The van der Waals surface area contributed by atoms with Gasteiger partial charge in [0.1, 0.15) is 5.82 Å². The highest BCUT2D eigenvalue weighted by Crippen LogP contribution is 2.47. The quantitative estimate of drug-likeness (QED) is 0.898. The van der Waals surface area contributed by atoms with Crippen LogP contribution in [0.4, 0.5) is 4.39 Å². The molecule has 16 heavy (non-hydrogen) atoms. The Morgan fingerprint density at radius 1 is 1.50 bits per heavy atom. The number of benzene rings is 1. The van der Waals surface area contributed by atoms with Crippen LogP contribution in [0.5, 0.6) is 0 Å². The van der Waals surface area contributed by atoms with Crippen LogP contribution >= 0.6 is 15.9 Å². The summed E-state index contributed by atoms with van der Waals surface area (Å²) in [5, 5.41) is 9.47. The third-order valence-electron chi connectivity index (χ3n) is 3.53. The molecular formula is C13H16BrFO. The van der Waals surface area contributed by atoms with E-state index in [1.54, 1.807) is 6.07 Å². The Morgan fingerprint density at radius 2 is 2.19 bits per heavy atom. The maximum Gasteiger partial charge on any atom is 0.127 e. The van der Waals surface area contributed by atoms with Gasteiger partial charge in [0.05, 0.1) is 0 Å². The summed E-state index contributed by atoms with van der Waals surface area (Å²) in [4.78, 5) is 0. The van der Waals surface area contributed by atoms with Gasteiger partial charge in [0.25, 0.3) is 0 Å². The second-order valence-electron chi connectivity index (χ2n) is 5.00. The number of halogens is 2. The van der Waals surface area contributed by atoms with Crippen molar-refractivity contribution in [2.45, 2.75) is 26.2 Å². The van der Waals surface area contributed by atoms with Crippen molar-refractivity contribution in [3.63, 3.8) is 0 Å². The van der Waals surface area contributed by atoms with E-state index in [1.807, 2.05) is 13.0 Å². The van der Waals surface area contributed by atoms with E-state index >= 15 is 0 Å². The predicted octanol–water partition coefficient (Wildman–Crippen LogP) is 3.54. The minimum absolute atomic E-state index is 0.132. The zero-order chi connectivity index (χ0) is 11.8. The number of aliphatic hydroxyl groups is 1. The molecule has 1 aromatic carbocycles. The molecule has 1 aliphatic rings. The van der Waals surface area contributed by atoms with Gasteiger partial charge in [0, 0.05) is 11.1 Å². The van der Waals surface area contributed by atoms with Crippen LogP contribution in [0, 0.1) is 17.2 Å². The van der Waals surface area contributed by atoms with Crippen molar-refractivity contribution in [1.82, 2.24) is 0 Å². The van der Waals surface area contributed by atoms with E-state index in [1.165, 1.54) is 6.07 Å². The first-order valence-corrected chi connectivity index (χ1v) is 6.39. The summed E-state index contributed by atoms with van der Waals surface area (Å²) in [7, 11) is 0. The molecule has 1 aliphatic carbocycles. The molecule has 1 fully saturated rings. The summed E-state index contributed by atoms with van der Waals surface area (Å²) in [6, 6.07) is 5.14. The van der Waals surface area contributed by atoms with Crippen LogP contribution in [0.1, 0.15) is 25.3 Å². The fourth-order valence-corrected chi connectivity index (χ4v) is 2.54. The molecule has 1 nitrogen and oxygen atoms in total. The second kappa shape index (κ2) is 4.46. The van der Waals surface area contributed by atoms with Crippen LogP contribution in [0.15, 0.2) is 22.7 Å². The van der Waals surface area contributed by atoms with E-state index in [4.69, 9.17) is 0 Å². The van der Waals surface area contributed by atoms with Gasteiger partial charge in [-0.1, -0.05) is 28.9 Å². The first-order valence-electron chi connectivity index (χ1n) is 5.60. The van der Waals surface area contributed by atoms with E-state index in [9.17, 15) is 9.50 Å². The molecule has 0 aromatic heterocycles. The maximum absolute atomic E-state index is 13.7. The second-order valence-corrected chi connectivity index (χ2v) is 5.91. The summed E-state index contributed by atoms with van der Waals surface area (Å²) in [5.41, 5.74) is 0.543. The molecule has 0 amide bonds. The van der Waals surface area contributed by atoms with Gasteiger partial charge in [0.15, 0.2) is 0 Å². The minimum Gasteiger partial charge on any atom is -0.396 e. The fourth-order valence-electron chi connectivity index (χ4n) is 2.21. The van der Waals surface area contributed by atoms with Crippen molar-refractivity contribution >= 4 is 15.9 Å². The molecule has 0 bridgehead atoms. The smallest absolute Gasteiger partial charge is 0.127 e. The van der Waals surface area contributed by atoms with Crippen molar-refractivity contribution < 1.29 is 9.50 Å². The van der Waals surface area contributed by atoms with Gasteiger partial charge in [-0.3, -0.25) is 0 Å². The molecule has 0 aliphatic heterocycles. The van der Waals surface area contributed by atoms with E-state index < -0.39 is 0 Å². The van der Waals surface area contributed by atoms with Gasteiger partial charge in [-0.05, 0) is 48.3 Å². The first kappa shape index (κ1) is 12.1. The topological polar surface area (TPSA) is 20.2 Å². The summed E-state index contributed by atoms with van der Waals surface area (Å²) in [6.45, 7) is 2.18. The third-order valence-corrected chi connectivity index (χ3v) is 4.03. The molecule has 1 saturated carbocycles. The van der Waals surface area contributed by atoms with Gasteiger partial charge in [-0.2, -0.15) is 0 Å². The van der Waals surface area contributed by atoms with Crippen LogP contribution in [0.2, 0.25) is 0 Å². The normalized spacial score (nSPS) is 19.5. The van der Waals surface area contributed by atoms with E-state index in [0.29, 0.717) is 17.9 Å². The fraction of sp³-hybridized carbons (Fsp3) is 0.538. The van der Waals surface area contributed by atoms with Gasteiger partial charge >= 0.3 is 0 Å². The molecule has 0 saturated heterocycles. The Hall–Kier alpha value is -0.410. The first-order chi connectivity index (χ1) is 7.55. The molecule has 0 radical (unpaired) electrons. The largest absolute Gasteiger partial charge is 0.396 e. The molecule has 0 spiro atoms. The lowest BCUT2D eigenvalue weighted by Gasteiger charge is -2.27. The minimum atomic E-state index is -0.185. The van der Waals surface area contributed by atoms with E-state index in [-0.39, 0.29) is 17.8 Å². The molecule has 3 heteroatoms. The highest BCUT2D eigenvalue weighted by atomic mass is 79.9. The molecule has 1 unspecified atom stereocenters. The molecule has 0 heterocycles. The summed E-state index contributed by atoms with van der Waals surface area (Å²) >= 11 is 3.24. The van der Waals surface area contributed by atoms with Crippen molar-refractivity contribution in [2.75, 3.05) is 6.61 Å². The summed E-state index contributed by atoms with van der Waals surface area (Å²) in [5.74, 6) is 0.371. The van der Waals surface area contributed by atoms with Gasteiger partial charge in [0.2, 0.25) is 0 Å². The molecule has 2 rings (SSSR count). The van der Waals surface area contributed by atoms with Gasteiger partial charge < -0.3 is 5.11 Å². The van der Waals surface area contributed by atoms with Gasteiger partial charge in [-0.15, -0.1) is 0 Å². The summed E-state index contributed by atoms with van der Waals surface area (Å²) in [6.07, 6.45) is 2.94. The molecular weight excluding hydrogens is 271 g/mol. The molecule has 1 atom stereocenters. The number of hydrogen-bond donors (Lipinski definition) is 1. The zero-order valence-electron chi connectivity index (χ0n) is 9.34. The third kappa shape index (κ3) is 2.46. The van der Waals surface area contributed by atoms with E-state index in [2.05, 4.69) is 15.9 Å². The SMILES string of the molecule is CC(CO)(Cc1ccc(Br)cc1F)C1CC1. The monoisotopic (exact) mass is 286 g/mol. The number of rotatable bonds is 4. The average Bonchev–Trinajstić information content (AvgIpc) is 3.06. The van der Waals surface area contributed by atoms with Crippen molar-refractivity contribution in [2.24, 2.45) is 11.3 Å². The lowest BCUT2D eigenvalue weighted by Crippen LogP contribution is -2.27. The standard InChI is InChI=1S/C13H16BrFO/c1-13(8-16,10-3-4-10)7-9-2-5-11(14)6-12(9)15/h2,5-6,10,16H,3-4,7-8H2,1H3. The van der Waals surface area contributed by atoms with Crippen LogP contribution in [-0.4, -0.2) is 11.7 Å².